The van der Waals surface area contributed by atoms with Gasteiger partial charge in [0, 0.05) is 6.54 Å². The van der Waals surface area contributed by atoms with Crippen molar-refractivity contribution in [2.45, 2.75) is 64.3 Å². The topological polar surface area (TPSA) is 41.1 Å². The summed E-state index contributed by atoms with van der Waals surface area (Å²) in [5.41, 5.74) is 0.0949. The highest BCUT2D eigenvalue weighted by Gasteiger charge is 2.38. The van der Waals surface area contributed by atoms with Gasteiger partial charge in [-0.3, -0.25) is 4.79 Å². The highest BCUT2D eigenvalue weighted by atomic mass is 16.2. The van der Waals surface area contributed by atoms with Crippen LogP contribution in [-0.4, -0.2) is 24.5 Å². The first-order valence-corrected chi connectivity index (χ1v) is 7.14. The maximum Gasteiger partial charge on any atom is 0.240 e. The van der Waals surface area contributed by atoms with Gasteiger partial charge < -0.3 is 10.6 Å². The summed E-state index contributed by atoms with van der Waals surface area (Å²) in [7, 11) is 0. The van der Waals surface area contributed by atoms with Crippen molar-refractivity contribution < 1.29 is 4.79 Å². The standard InChI is InChI=1S/C14H26N2O/c1-3-14(8-6-9-14)11-15-12(17)13(2)7-4-5-10-16-13/h16H,3-11H2,1-2H3,(H,15,17). The van der Waals surface area contributed by atoms with Gasteiger partial charge in [-0.2, -0.15) is 0 Å². The van der Waals surface area contributed by atoms with Crippen LogP contribution in [0, 0.1) is 5.41 Å². The third kappa shape index (κ3) is 2.65. The van der Waals surface area contributed by atoms with Gasteiger partial charge in [-0.15, -0.1) is 0 Å². The summed E-state index contributed by atoms with van der Waals surface area (Å²) in [6.07, 6.45) is 8.42. The van der Waals surface area contributed by atoms with Gasteiger partial charge in [0.2, 0.25) is 5.91 Å². The molecule has 3 heteroatoms. The van der Waals surface area contributed by atoms with E-state index in [1.807, 2.05) is 6.92 Å². The molecule has 1 atom stereocenters. The van der Waals surface area contributed by atoms with Crippen molar-refractivity contribution in [3.05, 3.63) is 0 Å². The van der Waals surface area contributed by atoms with E-state index in [0.717, 1.165) is 25.9 Å². The Balaban J connectivity index is 1.84. The van der Waals surface area contributed by atoms with Gasteiger partial charge in [0.15, 0.2) is 0 Å². The van der Waals surface area contributed by atoms with Crippen LogP contribution in [0.5, 0.6) is 0 Å². The average molecular weight is 238 g/mol. The molecular weight excluding hydrogens is 212 g/mol. The predicted octanol–water partition coefficient (Wildman–Crippen LogP) is 2.22. The van der Waals surface area contributed by atoms with E-state index >= 15 is 0 Å². The Morgan fingerprint density at radius 1 is 1.24 bits per heavy atom. The number of amides is 1. The number of hydrogen-bond donors (Lipinski definition) is 2. The molecule has 98 valence electrons. The van der Waals surface area contributed by atoms with Gasteiger partial charge in [0.25, 0.3) is 0 Å². The first-order chi connectivity index (χ1) is 8.10. The predicted molar refractivity (Wildman–Crippen MR) is 69.8 cm³/mol. The molecule has 1 aliphatic carbocycles. The molecule has 2 aliphatic rings. The zero-order valence-corrected chi connectivity index (χ0v) is 11.3. The lowest BCUT2D eigenvalue weighted by atomic mass is 9.67. The molecule has 1 saturated carbocycles. The molecule has 0 spiro atoms. The Hall–Kier alpha value is -0.570. The van der Waals surface area contributed by atoms with E-state index in [4.69, 9.17) is 0 Å². The third-order valence-corrected chi connectivity index (χ3v) is 4.91. The number of piperidine rings is 1. The summed E-state index contributed by atoms with van der Waals surface area (Å²) in [5, 5.41) is 6.56. The molecule has 0 radical (unpaired) electrons. The summed E-state index contributed by atoms with van der Waals surface area (Å²) >= 11 is 0. The molecule has 0 aromatic carbocycles. The lowest BCUT2D eigenvalue weighted by molar-refractivity contribution is -0.128. The van der Waals surface area contributed by atoms with Crippen LogP contribution >= 0.6 is 0 Å². The number of nitrogens with one attached hydrogen (secondary N) is 2. The van der Waals surface area contributed by atoms with E-state index in [0.29, 0.717) is 5.41 Å². The molecular formula is C14H26N2O. The molecule has 1 heterocycles. The third-order valence-electron chi connectivity index (χ3n) is 4.91. The Morgan fingerprint density at radius 2 is 2.00 bits per heavy atom. The summed E-state index contributed by atoms with van der Waals surface area (Å²) in [6.45, 7) is 6.13. The second kappa shape index (κ2) is 4.97. The Morgan fingerprint density at radius 3 is 2.47 bits per heavy atom. The highest BCUT2D eigenvalue weighted by molar-refractivity contribution is 5.86. The van der Waals surface area contributed by atoms with Crippen LogP contribution in [0.15, 0.2) is 0 Å². The fourth-order valence-electron chi connectivity index (χ4n) is 3.04. The molecule has 0 aromatic heterocycles. The van der Waals surface area contributed by atoms with Crippen LogP contribution in [-0.2, 0) is 4.79 Å². The van der Waals surface area contributed by atoms with Gasteiger partial charge in [-0.05, 0) is 57.4 Å². The minimum atomic E-state index is -0.322. The van der Waals surface area contributed by atoms with Crippen molar-refractivity contribution in [2.24, 2.45) is 5.41 Å². The summed E-state index contributed by atoms with van der Waals surface area (Å²) in [6, 6.07) is 0. The van der Waals surface area contributed by atoms with Crippen LogP contribution in [0.3, 0.4) is 0 Å². The second-order valence-corrected chi connectivity index (χ2v) is 6.11. The van der Waals surface area contributed by atoms with E-state index in [2.05, 4.69) is 17.6 Å². The maximum absolute atomic E-state index is 12.2. The quantitative estimate of drug-likeness (QED) is 0.788. The van der Waals surface area contributed by atoms with Gasteiger partial charge in [0.1, 0.15) is 0 Å². The van der Waals surface area contributed by atoms with E-state index in [9.17, 15) is 4.79 Å². The largest absolute Gasteiger partial charge is 0.354 e. The second-order valence-electron chi connectivity index (χ2n) is 6.11. The fourth-order valence-corrected chi connectivity index (χ4v) is 3.04. The van der Waals surface area contributed by atoms with Crippen LogP contribution in [0.4, 0.5) is 0 Å². The minimum absolute atomic E-state index is 0.205. The van der Waals surface area contributed by atoms with E-state index in [1.54, 1.807) is 0 Å². The van der Waals surface area contributed by atoms with Gasteiger partial charge in [0.05, 0.1) is 5.54 Å². The van der Waals surface area contributed by atoms with Crippen LogP contribution in [0.1, 0.15) is 58.8 Å². The number of rotatable bonds is 4. The smallest absolute Gasteiger partial charge is 0.240 e. The van der Waals surface area contributed by atoms with Crippen molar-refractivity contribution in [1.29, 1.82) is 0 Å². The van der Waals surface area contributed by atoms with E-state index in [1.165, 1.54) is 32.1 Å². The lowest BCUT2D eigenvalue weighted by Gasteiger charge is -2.42. The highest BCUT2D eigenvalue weighted by Crippen LogP contribution is 2.43. The van der Waals surface area contributed by atoms with E-state index < -0.39 is 0 Å². The molecule has 2 N–H and O–H groups in total. The van der Waals surface area contributed by atoms with Crippen molar-refractivity contribution >= 4 is 5.91 Å². The van der Waals surface area contributed by atoms with Gasteiger partial charge in [-0.1, -0.05) is 13.3 Å². The molecule has 17 heavy (non-hydrogen) atoms. The zero-order valence-electron chi connectivity index (χ0n) is 11.3. The molecule has 1 unspecified atom stereocenters. The molecule has 1 aliphatic heterocycles. The Kier molecular flexibility index (Phi) is 3.76. The Bertz CT molecular complexity index is 272. The van der Waals surface area contributed by atoms with Gasteiger partial charge in [-0.25, -0.2) is 0 Å². The first-order valence-electron chi connectivity index (χ1n) is 7.14. The van der Waals surface area contributed by atoms with Crippen LogP contribution in [0.25, 0.3) is 0 Å². The first kappa shape index (κ1) is 12.9. The summed E-state index contributed by atoms with van der Waals surface area (Å²) in [5.74, 6) is 0.205. The van der Waals surface area contributed by atoms with Crippen LogP contribution < -0.4 is 10.6 Å². The van der Waals surface area contributed by atoms with Crippen molar-refractivity contribution in [1.82, 2.24) is 10.6 Å². The maximum atomic E-state index is 12.2. The number of carbonyl (C=O) groups excluding carboxylic acids is 1. The van der Waals surface area contributed by atoms with Crippen molar-refractivity contribution in [2.75, 3.05) is 13.1 Å². The summed E-state index contributed by atoms with van der Waals surface area (Å²) in [4.78, 5) is 12.2. The minimum Gasteiger partial charge on any atom is -0.354 e. The average Bonchev–Trinajstić information content (AvgIpc) is 2.29. The lowest BCUT2D eigenvalue weighted by Crippen LogP contribution is -2.58. The molecule has 1 saturated heterocycles. The van der Waals surface area contributed by atoms with Crippen molar-refractivity contribution in [3.63, 3.8) is 0 Å². The van der Waals surface area contributed by atoms with Gasteiger partial charge >= 0.3 is 0 Å². The molecule has 0 bridgehead atoms. The Labute approximate surface area is 105 Å². The molecule has 3 nitrogen and oxygen atoms in total. The molecule has 1 amide bonds. The van der Waals surface area contributed by atoms with E-state index in [-0.39, 0.29) is 11.4 Å². The zero-order chi connectivity index (χ0) is 12.4. The number of carbonyl (C=O) groups is 1. The summed E-state index contributed by atoms with van der Waals surface area (Å²) < 4.78 is 0. The fraction of sp³-hybridized carbons (Fsp3) is 0.929. The SMILES string of the molecule is CCC1(CNC(=O)C2(C)CCCCN2)CCC1. The molecule has 2 fully saturated rings. The number of hydrogen-bond acceptors (Lipinski definition) is 2. The normalized spacial score (nSPS) is 31.6. The van der Waals surface area contributed by atoms with Crippen molar-refractivity contribution in [3.8, 4) is 0 Å². The monoisotopic (exact) mass is 238 g/mol. The molecule has 2 rings (SSSR count). The molecule has 0 aromatic rings. The van der Waals surface area contributed by atoms with Crippen LogP contribution in [0.2, 0.25) is 0 Å².